The molecule has 2 N–H and O–H groups in total. The molecule has 2 bridgehead atoms. The normalized spacial score (nSPS) is 23.1. The molecule has 3 fully saturated rings. The molecule has 1 saturated carbocycles. The van der Waals surface area contributed by atoms with Gasteiger partial charge in [0.1, 0.15) is 17.7 Å². The number of benzene rings is 2. The molecular weight excluding hydrogens is 576 g/mol. The molecule has 8 rings (SSSR count). The Balaban J connectivity index is 1.08. The fourth-order valence-corrected chi connectivity index (χ4v) is 7.45. The highest BCUT2D eigenvalue weighted by molar-refractivity contribution is 5.99. The maximum Gasteiger partial charge on any atom is 0.247 e. The van der Waals surface area contributed by atoms with Gasteiger partial charge in [0.25, 0.3) is 0 Å². The second-order valence-corrected chi connectivity index (χ2v) is 13.7. The number of hydrogen-bond donors (Lipinski definition) is 2. The number of amides is 2. The number of nitrogens with one attached hydrogen (secondary N) is 2. The molecular formula is C37H40N6O3. The van der Waals surface area contributed by atoms with E-state index in [4.69, 9.17) is 9.72 Å². The van der Waals surface area contributed by atoms with E-state index in [1.54, 1.807) is 6.20 Å². The van der Waals surface area contributed by atoms with Gasteiger partial charge in [-0.05, 0) is 104 Å². The van der Waals surface area contributed by atoms with Crippen LogP contribution in [-0.2, 0) is 20.7 Å². The van der Waals surface area contributed by atoms with E-state index in [1.165, 1.54) is 5.56 Å². The average molecular weight is 617 g/mol. The third-order valence-corrected chi connectivity index (χ3v) is 10.5. The van der Waals surface area contributed by atoms with Crippen molar-refractivity contribution in [2.45, 2.75) is 76.5 Å². The highest BCUT2D eigenvalue weighted by atomic mass is 16.5. The molecule has 0 unspecified atom stereocenters. The molecule has 2 aliphatic heterocycles. The molecule has 9 nitrogen and oxygen atoms in total. The van der Waals surface area contributed by atoms with Crippen LogP contribution in [0.5, 0.6) is 0 Å². The topological polar surface area (TPSA) is 101 Å². The first-order valence-electron chi connectivity index (χ1n) is 16.5. The first-order chi connectivity index (χ1) is 22.3. The molecule has 4 aliphatic rings. The summed E-state index contributed by atoms with van der Waals surface area (Å²) in [4.78, 5) is 38.9. The number of fused-ring (bicyclic) bond motifs is 3. The van der Waals surface area contributed by atoms with Crippen molar-refractivity contribution in [3.8, 4) is 16.8 Å². The molecule has 4 atom stereocenters. The molecule has 2 amide bonds. The van der Waals surface area contributed by atoms with Gasteiger partial charge in [-0.15, -0.1) is 0 Å². The molecule has 46 heavy (non-hydrogen) atoms. The predicted octanol–water partition coefficient (Wildman–Crippen LogP) is 5.56. The zero-order valence-electron chi connectivity index (χ0n) is 26.4. The number of rotatable bonds is 8. The second-order valence-electron chi connectivity index (χ2n) is 13.7. The molecule has 236 valence electrons. The van der Waals surface area contributed by atoms with Crippen LogP contribution < -0.4 is 15.5 Å². The van der Waals surface area contributed by atoms with E-state index in [0.717, 1.165) is 85.7 Å². The molecule has 2 aromatic carbocycles. The first kappa shape index (κ1) is 28.9. The summed E-state index contributed by atoms with van der Waals surface area (Å²) in [5, 5.41) is 6.35. The van der Waals surface area contributed by atoms with Crippen LogP contribution in [0.1, 0.15) is 61.9 Å². The SMILES string of the molecule is Cc1nccn1-c1ccc(NC(=O)[C@@H](NC(=O)C2(C)CC2)[C@@H]2CCCc3ccc(-c4ccnc(N5C[C@@H]6C[C@H]5CO6)c4)cc32)cc1. The zero-order chi connectivity index (χ0) is 31.4. The van der Waals surface area contributed by atoms with Crippen LogP contribution in [0.2, 0.25) is 0 Å². The predicted molar refractivity (Wildman–Crippen MR) is 177 cm³/mol. The molecule has 2 aromatic heterocycles. The number of nitrogens with zero attached hydrogens (tertiary/aromatic N) is 4. The largest absolute Gasteiger partial charge is 0.374 e. The minimum atomic E-state index is -0.692. The Labute approximate surface area is 269 Å². The lowest BCUT2D eigenvalue weighted by atomic mass is 9.77. The Morgan fingerprint density at radius 3 is 2.57 bits per heavy atom. The van der Waals surface area contributed by atoms with Crippen molar-refractivity contribution < 1.29 is 14.3 Å². The third-order valence-electron chi connectivity index (χ3n) is 10.5. The molecule has 0 radical (unpaired) electrons. The number of hydrogen-bond acceptors (Lipinski definition) is 6. The molecule has 4 heterocycles. The van der Waals surface area contributed by atoms with E-state index < -0.39 is 11.5 Å². The van der Waals surface area contributed by atoms with Gasteiger partial charge in [-0.3, -0.25) is 9.59 Å². The van der Waals surface area contributed by atoms with Crippen LogP contribution in [0.3, 0.4) is 0 Å². The van der Waals surface area contributed by atoms with Crippen LogP contribution in [0.25, 0.3) is 16.8 Å². The van der Waals surface area contributed by atoms with Crippen LogP contribution in [0.4, 0.5) is 11.5 Å². The maximum atomic E-state index is 14.1. The van der Waals surface area contributed by atoms with E-state index in [-0.39, 0.29) is 17.7 Å². The zero-order valence-corrected chi connectivity index (χ0v) is 26.4. The fraction of sp³-hybridized carbons (Fsp3) is 0.405. The smallest absolute Gasteiger partial charge is 0.247 e. The van der Waals surface area contributed by atoms with Gasteiger partial charge in [-0.1, -0.05) is 25.1 Å². The number of anilines is 2. The summed E-state index contributed by atoms with van der Waals surface area (Å²) in [5.74, 6) is 1.51. The summed E-state index contributed by atoms with van der Waals surface area (Å²) in [5.41, 5.74) is 5.85. The van der Waals surface area contributed by atoms with Crippen molar-refractivity contribution in [3.05, 3.63) is 90.1 Å². The fourth-order valence-electron chi connectivity index (χ4n) is 7.45. The first-order valence-corrected chi connectivity index (χ1v) is 16.5. The van der Waals surface area contributed by atoms with Gasteiger partial charge in [0, 0.05) is 47.8 Å². The summed E-state index contributed by atoms with van der Waals surface area (Å²) in [6, 6.07) is 18.3. The highest BCUT2D eigenvalue weighted by Gasteiger charge is 2.47. The molecule has 0 spiro atoms. The van der Waals surface area contributed by atoms with Gasteiger partial charge < -0.3 is 24.8 Å². The molecule has 4 aromatic rings. The lowest BCUT2D eigenvalue weighted by Gasteiger charge is -2.33. The Hall–Kier alpha value is -4.50. The average Bonchev–Trinajstić information content (AvgIpc) is 3.40. The summed E-state index contributed by atoms with van der Waals surface area (Å²) in [6.45, 7) is 5.59. The lowest BCUT2D eigenvalue weighted by molar-refractivity contribution is -0.130. The lowest BCUT2D eigenvalue weighted by Crippen LogP contribution is -2.50. The number of aryl methyl sites for hydroxylation is 2. The Kier molecular flexibility index (Phi) is 7.16. The third kappa shape index (κ3) is 5.36. The minimum Gasteiger partial charge on any atom is -0.374 e. The summed E-state index contributed by atoms with van der Waals surface area (Å²) in [6.07, 6.45) is 11.4. The highest BCUT2D eigenvalue weighted by Crippen LogP contribution is 2.46. The van der Waals surface area contributed by atoms with Gasteiger partial charge in [-0.25, -0.2) is 9.97 Å². The number of pyridine rings is 1. The number of carbonyl (C=O) groups is 2. The van der Waals surface area contributed by atoms with Crippen molar-refractivity contribution >= 4 is 23.3 Å². The number of ether oxygens (including phenoxy) is 1. The summed E-state index contributed by atoms with van der Waals surface area (Å²) < 4.78 is 7.81. The van der Waals surface area contributed by atoms with E-state index in [0.29, 0.717) is 17.8 Å². The van der Waals surface area contributed by atoms with Crippen LogP contribution >= 0.6 is 0 Å². The molecule has 2 aliphatic carbocycles. The van der Waals surface area contributed by atoms with E-state index in [9.17, 15) is 9.59 Å². The van der Waals surface area contributed by atoms with Gasteiger partial charge >= 0.3 is 0 Å². The minimum absolute atomic E-state index is 0.0375. The second kappa shape index (κ2) is 11.4. The van der Waals surface area contributed by atoms with Gasteiger partial charge in [-0.2, -0.15) is 0 Å². The number of imidazole rings is 1. The summed E-state index contributed by atoms with van der Waals surface area (Å²) in [7, 11) is 0. The van der Waals surface area contributed by atoms with Crippen LogP contribution in [-0.4, -0.2) is 57.7 Å². The van der Waals surface area contributed by atoms with E-state index in [1.807, 2.05) is 55.1 Å². The van der Waals surface area contributed by atoms with Crippen molar-refractivity contribution in [3.63, 3.8) is 0 Å². The van der Waals surface area contributed by atoms with E-state index >= 15 is 0 Å². The van der Waals surface area contributed by atoms with Gasteiger partial charge in [0.05, 0.1) is 18.8 Å². The Morgan fingerprint density at radius 2 is 1.85 bits per heavy atom. The number of morpholine rings is 1. The van der Waals surface area contributed by atoms with Crippen molar-refractivity contribution in [1.82, 2.24) is 19.9 Å². The van der Waals surface area contributed by atoms with Crippen molar-refractivity contribution in [2.24, 2.45) is 5.41 Å². The molecule has 9 heteroatoms. The summed E-state index contributed by atoms with van der Waals surface area (Å²) >= 11 is 0. The maximum absolute atomic E-state index is 14.1. The Morgan fingerprint density at radius 1 is 1.02 bits per heavy atom. The standard InChI is InChI=1S/C37H40N6O3/c1-23-38-16-17-42(23)28-10-8-27(9-11-28)40-35(44)34(41-36(45)37(2)13-14-37)31-5-3-4-24-6-7-25(18-32(24)31)26-12-15-39-33(19-26)43-21-30-20-29(43)22-46-30/h6-12,15-19,29-31,34H,3-5,13-14,20-22H2,1-2H3,(H,40,44)(H,41,45)/t29-,30-,31+,34-/m0/s1. The molecule has 2 saturated heterocycles. The van der Waals surface area contributed by atoms with Crippen LogP contribution in [0.15, 0.2) is 73.2 Å². The monoisotopic (exact) mass is 616 g/mol. The quantitative estimate of drug-likeness (QED) is 0.269. The van der Waals surface area contributed by atoms with Crippen LogP contribution in [0, 0.1) is 12.3 Å². The van der Waals surface area contributed by atoms with Gasteiger partial charge in [0.15, 0.2) is 0 Å². The van der Waals surface area contributed by atoms with Crippen molar-refractivity contribution in [1.29, 1.82) is 0 Å². The van der Waals surface area contributed by atoms with Crippen molar-refractivity contribution in [2.75, 3.05) is 23.4 Å². The number of aromatic nitrogens is 3. The van der Waals surface area contributed by atoms with E-state index in [2.05, 4.69) is 50.8 Å². The van der Waals surface area contributed by atoms with Gasteiger partial charge in [0.2, 0.25) is 11.8 Å². The Bertz CT molecular complexity index is 1790. The number of carbonyl (C=O) groups excluding carboxylic acids is 2.